The molecule has 4 nitrogen and oxygen atoms in total. The number of benzene rings is 2. The number of fused-ring (bicyclic) bond motifs is 1. The number of esters is 1. The van der Waals surface area contributed by atoms with Gasteiger partial charge in [-0.05, 0) is 31.2 Å². The predicted octanol–water partition coefficient (Wildman–Crippen LogP) is 3.74. The highest BCUT2D eigenvalue weighted by Gasteiger charge is 2.22. The molecular formula is C18H14FNO3. The molecule has 3 rings (SSSR count). The van der Waals surface area contributed by atoms with Crippen molar-refractivity contribution >= 4 is 22.7 Å². The van der Waals surface area contributed by atoms with Crippen molar-refractivity contribution < 1.29 is 18.7 Å². The maximum atomic E-state index is 13.1. The lowest BCUT2D eigenvalue weighted by atomic mass is 10.1. The van der Waals surface area contributed by atoms with Crippen LogP contribution in [0.4, 0.5) is 4.39 Å². The molecule has 0 bridgehead atoms. The topological polar surface area (TPSA) is 59.2 Å². The molecule has 1 atom stereocenters. The van der Waals surface area contributed by atoms with Crippen molar-refractivity contribution in [3.05, 3.63) is 71.7 Å². The van der Waals surface area contributed by atoms with Crippen LogP contribution in [0.25, 0.3) is 10.9 Å². The number of aromatic amines is 1. The van der Waals surface area contributed by atoms with Gasteiger partial charge in [0.05, 0.1) is 5.56 Å². The maximum Gasteiger partial charge on any atom is 0.338 e. The van der Waals surface area contributed by atoms with Crippen LogP contribution < -0.4 is 0 Å². The summed E-state index contributed by atoms with van der Waals surface area (Å²) < 4.78 is 18.3. The number of carbonyl (C=O) groups excluding carboxylic acids is 2. The summed E-state index contributed by atoms with van der Waals surface area (Å²) in [7, 11) is 0. The van der Waals surface area contributed by atoms with E-state index in [2.05, 4.69) is 4.98 Å². The number of carbonyl (C=O) groups is 2. The minimum atomic E-state index is -0.968. The summed E-state index contributed by atoms with van der Waals surface area (Å²) in [6.45, 7) is 1.50. The molecule has 0 saturated heterocycles. The molecule has 0 amide bonds. The molecule has 0 aliphatic heterocycles. The monoisotopic (exact) mass is 311 g/mol. The van der Waals surface area contributed by atoms with Gasteiger partial charge in [-0.3, -0.25) is 4.79 Å². The van der Waals surface area contributed by atoms with Crippen LogP contribution in [0.1, 0.15) is 27.6 Å². The van der Waals surface area contributed by atoms with Crippen LogP contribution in [0.2, 0.25) is 0 Å². The first-order valence-electron chi connectivity index (χ1n) is 7.13. The Kier molecular flexibility index (Phi) is 3.93. The van der Waals surface area contributed by atoms with Crippen molar-refractivity contribution in [1.29, 1.82) is 0 Å². The lowest BCUT2D eigenvalue weighted by Crippen LogP contribution is -2.24. The molecule has 1 N–H and O–H groups in total. The Morgan fingerprint density at radius 2 is 1.91 bits per heavy atom. The van der Waals surface area contributed by atoms with Crippen molar-refractivity contribution in [3.8, 4) is 0 Å². The van der Waals surface area contributed by atoms with Crippen LogP contribution >= 0.6 is 0 Å². The molecule has 0 unspecified atom stereocenters. The van der Waals surface area contributed by atoms with Gasteiger partial charge in [0.25, 0.3) is 0 Å². The molecule has 23 heavy (non-hydrogen) atoms. The van der Waals surface area contributed by atoms with E-state index in [-0.39, 0.29) is 11.3 Å². The summed E-state index contributed by atoms with van der Waals surface area (Å²) in [4.78, 5) is 27.5. The van der Waals surface area contributed by atoms with Crippen molar-refractivity contribution in [3.63, 3.8) is 0 Å². The zero-order valence-electron chi connectivity index (χ0n) is 12.4. The molecule has 0 aliphatic rings. The molecule has 5 heteroatoms. The van der Waals surface area contributed by atoms with Gasteiger partial charge in [-0.2, -0.15) is 0 Å². The summed E-state index contributed by atoms with van der Waals surface area (Å²) >= 11 is 0. The van der Waals surface area contributed by atoms with Gasteiger partial charge in [0.1, 0.15) is 5.82 Å². The zero-order chi connectivity index (χ0) is 16.4. The van der Waals surface area contributed by atoms with Crippen LogP contribution in [0, 0.1) is 5.82 Å². The normalized spacial score (nSPS) is 12.1. The molecule has 2 aromatic carbocycles. The SMILES string of the molecule is C[C@H](OC(=O)c1cccc(F)c1)C(=O)c1c[nH]c2ccccc12. The number of hydrogen-bond donors (Lipinski definition) is 1. The van der Waals surface area contributed by atoms with Gasteiger partial charge in [0.2, 0.25) is 5.78 Å². The molecule has 3 aromatic rings. The van der Waals surface area contributed by atoms with E-state index in [1.807, 2.05) is 24.3 Å². The van der Waals surface area contributed by atoms with E-state index in [0.29, 0.717) is 5.56 Å². The molecule has 0 aliphatic carbocycles. The third-order valence-corrected chi connectivity index (χ3v) is 3.57. The third-order valence-electron chi connectivity index (χ3n) is 3.57. The fourth-order valence-electron chi connectivity index (χ4n) is 2.39. The molecule has 0 saturated carbocycles. The molecule has 1 heterocycles. The van der Waals surface area contributed by atoms with Crippen molar-refractivity contribution in [2.24, 2.45) is 0 Å². The highest BCUT2D eigenvalue weighted by molar-refractivity contribution is 6.10. The number of ketones is 1. The number of para-hydroxylation sites is 1. The van der Waals surface area contributed by atoms with Gasteiger partial charge in [-0.1, -0.05) is 24.3 Å². The second-order valence-corrected chi connectivity index (χ2v) is 5.17. The van der Waals surface area contributed by atoms with Crippen molar-refractivity contribution in [2.45, 2.75) is 13.0 Å². The molecule has 0 fully saturated rings. The Morgan fingerprint density at radius 1 is 1.13 bits per heavy atom. The molecule has 116 valence electrons. The number of hydrogen-bond acceptors (Lipinski definition) is 3. The largest absolute Gasteiger partial charge is 0.451 e. The van der Waals surface area contributed by atoms with E-state index in [9.17, 15) is 14.0 Å². The fourth-order valence-corrected chi connectivity index (χ4v) is 2.39. The summed E-state index contributed by atoms with van der Waals surface area (Å²) in [5.74, 6) is -1.58. The number of H-pyrrole nitrogens is 1. The Labute approximate surface area is 131 Å². The second-order valence-electron chi connectivity index (χ2n) is 5.17. The number of halogens is 1. The number of Topliss-reactive ketones (excluding diaryl/α,β-unsaturated/α-hetero) is 1. The first kappa shape index (κ1) is 15.0. The quantitative estimate of drug-likeness (QED) is 0.590. The standard InChI is InChI=1S/C18H14FNO3/c1-11(23-18(22)12-5-4-6-13(19)9-12)17(21)15-10-20-16-8-3-2-7-14(15)16/h2-11,20H,1H3/t11-/m0/s1. The number of rotatable bonds is 4. The maximum absolute atomic E-state index is 13.1. The van der Waals surface area contributed by atoms with E-state index in [0.717, 1.165) is 17.0 Å². The van der Waals surface area contributed by atoms with Gasteiger partial charge in [-0.15, -0.1) is 0 Å². The zero-order valence-corrected chi connectivity index (χ0v) is 12.4. The second kappa shape index (κ2) is 6.04. The first-order valence-corrected chi connectivity index (χ1v) is 7.13. The Balaban J connectivity index is 1.79. The summed E-state index contributed by atoms with van der Waals surface area (Å²) in [6, 6.07) is 12.5. The van der Waals surface area contributed by atoms with Gasteiger partial charge in [0.15, 0.2) is 6.10 Å². The first-order chi connectivity index (χ1) is 11.1. The Hall–Kier alpha value is -2.95. The van der Waals surface area contributed by atoms with Crippen LogP contribution in [-0.4, -0.2) is 22.8 Å². The van der Waals surface area contributed by atoms with Crippen LogP contribution in [-0.2, 0) is 4.74 Å². The molecule has 0 radical (unpaired) electrons. The number of nitrogens with one attached hydrogen (secondary N) is 1. The van der Waals surface area contributed by atoms with Gasteiger partial charge < -0.3 is 9.72 Å². The van der Waals surface area contributed by atoms with Crippen LogP contribution in [0.15, 0.2) is 54.7 Å². The molecule has 0 spiro atoms. The summed E-state index contributed by atoms with van der Waals surface area (Å²) in [6.07, 6.45) is 0.629. The van der Waals surface area contributed by atoms with E-state index in [1.165, 1.54) is 25.1 Å². The minimum Gasteiger partial charge on any atom is -0.451 e. The van der Waals surface area contributed by atoms with E-state index in [4.69, 9.17) is 4.74 Å². The van der Waals surface area contributed by atoms with Gasteiger partial charge in [0, 0.05) is 22.7 Å². The lowest BCUT2D eigenvalue weighted by molar-refractivity contribution is 0.0319. The third kappa shape index (κ3) is 2.99. The number of ether oxygens (including phenoxy) is 1. The van der Waals surface area contributed by atoms with Gasteiger partial charge >= 0.3 is 5.97 Å². The average Bonchev–Trinajstić information content (AvgIpc) is 2.98. The highest BCUT2D eigenvalue weighted by Crippen LogP contribution is 2.20. The Bertz CT molecular complexity index is 885. The fraction of sp³-hybridized carbons (Fsp3) is 0.111. The predicted molar refractivity (Wildman–Crippen MR) is 83.9 cm³/mol. The smallest absolute Gasteiger partial charge is 0.338 e. The molecule has 1 aromatic heterocycles. The highest BCUT2D eigenvalue weighted by atomic mass is 19.1. The van der Waals surface area contributed by atoms with Crippen molar-refractivity contribution in [1.82, 2.24) is 4.98 Å². The lowest BCUT2D eigenvalue weighted by Gasteiger charge is -2.12. The molecular weight excluding hydrogens is 297 g/mol. The van der Waals surface area contributed by atoms with Crippen molar-refractivity contribution in [2.75, 3.05) is 0 Å². The van der Waals surface area contributed by atoms with E-state index < -0.39 is 17.9 Å². The van der Waals surface area contributed by atoms with E-state index in [1.54, 1.807) is 6.20 Å². The average molecular weight is 311 g/mol. The summed E-state index contributed by atoms with van der Waals surface area (Å²) in [5.41, 5.74) is 1.36. The van der Waals surface area contributed by atoms with E-state index >= 15 is 0 Å². The summed E-state index contributed by atoms with van der Waals surface area (Å²) in [5, 5.41) is 0.770. The van der Waals surface area contributed by atoms with Gasteiger partial charge in [-0.25, -0.2) is 9.18 Å². The van der Waals surface area contributed by atoms with Crippen LogP contribution in [0.5, 0.6) is 0 Å². The minimum absolute atomic E-state index is 0.0728. The number of aromatic nitrogens is 1. The Morgan fingerprint density at radius 3 is 2.70 bits per heavy atom. The van der Waals surface area contributed by atoms with Crippen LogP contribution in [0.3, 0.4) is 0 Å².